The highest BCUT2D eigenvalue weighted by Gasteiger charge is 1.97. The van der Waals surface area contributed by atoms with Crippen LogP contribution in [0.4, 0.5) is 0 Å². The summed E-state index contributed by atoms with van der Waals surface area (Å²) < 4.78 is 10.4. The number of rotatable bonds is 4. The zero-order valence-corrected chi connectivity index (χ0v) is 7.23. The Hall–Kier alpha value is -0.660. The second-order valence-corrected chi connectivity index (χ2v) is 2.15. The highest BCUT2D eigenvalue weighted by atomic mass is 16.7. The van der Waals surface area contributed by atoms with E-state index in [0.29, 0.717) is 19.2 Å². The molecule has 0 amide bonds. The van der Waals surface area contributed by atoms with Gasteiger partial charge in [0.05, 0.1) is 13.2 Å². The van der Waals surface area contributed by atoms with Crippen molar-refractivity contribution in [3.05, 3.63) is 11.5 Å². The molecule has 0 rings (SSSR count). The van der Waals surface area contributed by atoms with Gasteiger partial charge in [0.2, 0.25) is 0 Å². The van der Waals surface area contributed by atoms with Crippen molar-refractivity contribution in [3.63, 3.8) is 0 Å². The maximum atomic E-state index is 5.20. The molecule has 0 saturated carbocycles. The minimum atomic E-state index is 0.667. The maximum absolute atomic E-state index is 5.20. The highest BCUT2D eigenvalue weighted by Crippen LogP contribution is 2.05. The quantitative estimate of drug-likeness (QED) is 0.564. The van der Waals surface area contributed by atoms with Crippen LogP contribution in [-0.2, 0) is 9.47 Å². The van der Waals surface area contributed by atoms with Crippen molar-refractivity contribution in [2.24, 2.45) is 0 Å². The van der Waals surface area contributed by atoms with Crippen LogP contribution >= 0.6 is 0 Å². The second kappa shape index (κ2) is 5.15. The Kier molecular flexibility index (Phi) is 4.81. The van der Waals surface area contributed by atoms with Gasteiger partial charge in [0.15, 0.2) is 0 Å². The van der Waals surface area contributed by atoms with Crippen molar-refractivity contribution in [2.75, 3.05) is 13.2 Å². The predicted molar refractivity (Wildman–Crippen MR) is 41.6 cm³/mol. The van der Waals surface area contributed by atoms with Crippen LogP contribution in [0.15, 0.2) is 11.5 Å². The number of hydrogen-bond donors (Lipinski definition) is 0. The number of allylic oxidation sites excluding steroid dienone is 1. The Bertz CT molecular complexity index is 104. The van der Waals surface area contributed by atoms with Crippen LogP contribution in [0.1, 0.15) is 27.7 Å². The standard InChI is InChI=1S/C8H16O2/c1-5-9-8(7(3)4)10-6-2/h5-6H2,1-4H3. The van der Waals surface area contributed by atoms with Gasteiger partial charge < -0.3 is 9.47 Å². The van der Waals surface area contributed by atoms with Gasteiger partial charge in [-0.1, -0.05) is 0 Å². The molecule has 0 heterocycles. The Labute approximate surface area is 62.8 Å². The third kappa shape index (κ3) is 3.38. The molecule has 0 fully saturated rings. The van der Waals surface area contributed by atoms with Crippen LogP contribution in [0.5, 0.6) is 0 Å². The summed E-state index contributed by atoms with van der Waals surface area (Å²) in [7, 11) is 0. The molecular weight excluding hydrogens is 128 g/mol. The molecule has 60 valence electrons. The molecule has 2 nitrogen and oxygen atoms in total. The van der Waals surface area contributed by atoms with Crippen LogP contribution < -0.4 is 0 Å². The number of hydrogen-bond acceptors (Lipinski definition) is 2. The monoisotopic (exact) mass is 144 g/mol. The van der Waals surface area contributed by atoms with Gasteiger partial charge in [-0.15, -0.1) is 0 Å². The van der Waals surface area contributed by atoms with E-state index in [1.807, 2.05) is 27.7 Å². The molecule has 0 unspecified atom stereocenters. The van der Waals surface area contributed by atoms with Crippen LogP contribution in [0.2, 0.25) is 0 Å². The Morgan fingerprint density at radius 1 is 1.00 bits per heavy atom. The van der Waals surface area contributed by atoms with E-state index >= 15 is 0 Å². The van der Waals surface area contributed by atoms with E-state index in [1.54, 1.807) is 0 Å². The average molecular weight is 144 g/mol. The van der Waals surface area contributed by atoms with E-state index in [4.69, 9.17) is 9.47 Å². The van der Waals surface area contributed by atoms with Crippen LogP contribution in [0.3, 0.4) is 0 Å². The van der Waals surface area contributed by atoms with Crippen LogP contribution in [0, 0.1) is 0 Å². The van der Waals surface area contributed by atoms with E-state index in [9.17, 15) is 0 Å². The molecule has 0 aliphatic heterocycles. The summed E-state index contributed by atoms with van der Waals surface area (Å²) in [5.74, 6) is 0.671. The molecule has 0 N–H and O–H groups in total. The molecule has 0 aliphatic rings. The first-order valence-corrected chi connectivity index (χ1v) is 3.65. The summed E-state index contributed by atoms with van der Waals surface area (Å²) in [4.78, 5) is 0. The summed E-state index contributed by atoms with van der Waals surface area (Å²) in [6, 6.07) is 0. The lowest BCUT2D eigenvalue weighted by molar-refractivity contribution is 0.0429. The fourth-order valence-corrected chi connectivity index (χ4v) is 0.593. The summed E-state index contributed by atoms with van der Waals surface area (Å²) >= 11 is 0. The Morgan fingerprint density at radius 3 is 1.60 bits per heavy atom. The molecule has 0 bridgehead atoms. The van der Waals surface area contributed by atoms with E-state index in [0.717, 1.165) is 5.57 Å². The van der Waals surface area contributed by atoms with E-state index in [2.05, 4.69) is 0 Å². The first-order chi connectivity index (χ1) is 4.72. The van der Waals surface area contributed by atoms with Gasteiger partial charge >= 0.3 is 0 Å². The topological polar surface area (TPSA) is 18.5 Å². The first-order valence-electron chi connectivity index (χ1n) is 3.65. The molecule has 0 aliphatic carbocycles. The summed E-state index contributed by atoms with van der Waals surface area (Å²) in [5, 5.41) is 0. The summed E-state index contributed by atoms with van der Waals surface area (Å²) in [6.07, 6.45) is 0. The van der Waals surface area contributed by atoms with E-state index < -0.39 is 0 Å². The molecular formula is C8H16O2. The van der Waals surface area contributed by atoms with Crippen molar-refractivity contribution in [2.45, 2.75) is 27.7 Å². The van der Waals surface area contributed by atoms with Crippen LogP contribution in [-0.4, -0.2) is 13.2 Å². The zero-order valence-electron chi connectivity index (χ0n) is 7.23. The maximum Gasteiger partial charge on any atom is 0.277 e. The van der Waals surface area contributed by atoms with Gasteiger partial charge in [-0.3, -0.25) is 0 Å². The van der Waals surface area contributed by atoms with Gasteiger partial charge in [0, 0.05) is 5.57 Å². The van der Waals surface area contributed by atoms with Gasteiger partial charge in [-0.05, 0) is 27.7 Å². The van der Waals surface area contributed by atoms with Crippen LogP contribution in [0.25, 0.3) is 0 Å². The molecule has 0 aromatic heterocycles. The van der Waals surface area contributed by atoms with Gasteiger partial charge in [0.1, 0.15) is 0 Å². The predicted octanol–water partition coefficient (Wildman–Crippen LogP) is 2.31. The van der Waals surface area contributed by atoms with Gasteiger partial charge in [-0.2, -0.15) is 0 Å². The largest absolute Gasteiger partial charge is 0.466 e. The average Bonchev–Trinajstić information content (AvgIpc) is 1.87. The minimum absolute atomic E-state index is 0.667. The number of ether oxygens (including phenoxy) is 2. The first kappa shape index (κ1) is 9.34. The molecule has 0 atom stereocenters. The summed E-state index contributed by atoms with van der Waals surface area (Å²) in [5.41, 5.74) is 1.09. The van der Waals surface area contributed by atoms with Crippen molar-refractivity contribution in [1.82, 2.24) is 0 Å². The van der Waals surface area contributed by atoms with Crippen molar-refractivity contribution < 1.29 is 9.47 Å². The van der Waals surface area contributed by atoms with Gasteiger partial charge in [0.25, 0.3) is 5.95 Å². The Balaban J connectivity index is 3.86. The fourth-order valence-electron chi connectivity index (χ4n) is 0.593. The van der Waals surface area contributed by atoms with E-state index in [-0.39, 0.29) is 0 Å². The smallest absolute Gasteiger partial charge is 0.277 e. The lowest BCUT2D eigenvalue weighted by Gasteiger charge is -2.09. The minimum Gasteiger partial charge on any atom is -0.466 e. The molecule has 10 heavy (non-hydrogen) atoms. The van der Waals surface area contributed by atoms with E-state index in [1.165, 1.54) is 0 Å². The molecule has 2 heteroatoms. The third-order valence-electron chi connectivity index (χ3n) is 0.959. The highest BCUT2D eigenvalue weighted by molar-refractivity contribution is 4.94. The fraction of sp³-hybridized carbons (Fsp3) is 0.750. The van der Waals surface area contributed by atoms with Gasteiger partial charge in [-0.25, -0.2) is 0 Å². The van der Waals surface area contributed by atoms with Crippen molar-refractivity contribution >= 4 is 0 Å². The second-order valence-electron chi connectivity index (χ2n) is 2.15. The van der Waals surface area contributed by atoms with Crippen molar-refractivity contribution in [1.29, 1.82) is 0 Å². The lowest BCUT2D eigenvalue weighted by atomic mass is 10.4. The normalized spacial score (nSPS) is 8.80. The molecule has 0 saturated heterocycles. The lowest BCUT2D eigenvalue weighted by Crippen LogP contribution is -1.99. The molecule has 0 spiro atoms. The SMILES string of the molecule is CCOC(OCC)=C(C)C. The molecule has 0 aromatic rings. The summed E-state index contributed by atoms with van der Waals surface area (Å²) in [6.45, 7) is 9.17. The third-order valence-corrected chi connectivity index (χ3v) is 0.959. The Morgan fingerprint density at radius 2 is 1.40 bits per heavy atom. The molecule has 0 radical (unpaired) electrons. The molecule has 0 aromatic carbocycles. The zero-order chi connectivity index (χ0) is 7.98. The van der Waals surface area contributed by atoms with Crippen molar-refractivity contribution in [3.8, 4) is 0 Å².